The molecule has 0 radical (unpaired) electrons. The Kier molecular flexibility index (Phi) is 4.89. The Balaban J connectivity index is 2.36. The van der Waals surface area contributed by atoms with E-state index in [2.05, 4.69) is 36.0 Å². The second-order valence-corrected chi connectivity index (χ2v) is 5.93. The first kappa shape index (κ1) is 15.1. The van der Waals surface area contributed by atoms with Crippen molar-refractivity contribution in [1.82, 2.24) is 4.90 Å². The van der Waals surface area contributed by atoms with Gasteiger partial charge in [-0.25, -0.2) is 0 Å². The Hall–Kier alpha value is -1.26. The number of nitrogens with zero attached hydrogens (tertiary/aromatic N) is 2. The molecule has 4 heteroatoms. The van der Waals surface area contributed by atoms with Crippen LogP contribution in [0.2, 0.25) is 0 Å². The standard InChI is InChI=1S/C16H27N3O/c1-12(17)16-14(8-5-9-15(16)20-4)19-10-6-7-13(19)11-18(2)3/h5,8-9,12-13H,6-7,10-11,17H2,1-4H3/t12-,13?/m0/s1. The summed E-state index contributed by atoms with van der Waals surface area (Å²) in [5.74, 6) is 0.896. The molecule has 1 aliphatic rings. The molecule has 2 N–H and O–H groups in total. The second-order valence-electron chi connectivity index (χ2n) is 5.93. The molecular formula is C16H27N3O. The van der Waals surface area contributed by atoms with E-state index in [0.717, 1.165) is 24.4 Å². The van der Waals surface area contributed by atoms with E-state index in [0.29, 0.717) is 6.04 Å². The van der Waals surface area contributed by atoms with Gasteiger partial charge in [-0.05, 0) is 46.0 Å². The predicted molar refractivity (Wildman–Crippen MR) is 84.5 cm³/mol. The van der Waals surface area contributed by atoms with E-state index < -0.39 is 0 Å². The lowest BCUT2D eigenvalue weighted by atomic mass is 10.0. The first-order valence-corrected chi connectivity index (χ1v) is 7.38. The summed E-state index contributed by atoms with van der Waals surface area (Å²) in [5.41, 5.74) is 8.55. The minimum atomic E-state index is -0.0262. The van der Waals surface area contributed by atoms with Crippen LogP contribution in [0.3, 0.4) is 0 Å². The number of benzene rings is 1. The van der Waals surface area contributed by atoms with Crippen molar-refractivity contribution >= 4 is 5.69 Å². The molecular weight excluding hydrogens is 250 g/mol. The van der Waals surface area contributed by atoms with Crippen LogP contribution in [-0.4, -0.2) is 45.2 Å². The molecule has 1 fully saturated rings. The quantitative estimate of drug-likeness (QED) is 0.896. The zero-order valence-electron chi connectivity index (χ0n) is 13.1. The molecule has 1 unspecified atom stereocenters. The SMILES string of the molecule is COc1cccc(N2CCCC2CN(C)C)c1[C@H](C)N. The molecule has 0 spiro atoms. The fourth-order valence-electron chi connectivity index (χ4n) is 3.18. The molecule has 0 amide bonds. The maximum absolute atomic E-state index is 6.19. The summed E-state index contributed by atoms with van der Waals surface area (Å²) >= 11 is 0. The average molecular weight is 277 g/mol. The number of ether oxygens (including phenoxy) is 1. The maximum Gasteiger partial charge on any atom is 0.125 e. The van der Waals surface area contributed by atoms with Crippen LogP contribution < -0.4 is 15.4 Å². The molecule has 1 aromatic carbocycles. The minimum Gasteiger partial charge on any atom is -0.496 e. The van der Waals surface area contributed by atoms with Crippen LogP contribution in [0, 0.1) is 0 Å². The van der Waals surface area contributed by atoms with E-state index in [4.69, 9.17) is 10.5 Å². The number of anilines is 1. The topological polar surface area (TPSA) is 41.7 Å². The van der Waals surface area contributed by atoms with Crippen LogP contribution in [0.25, 0.3) is 0 Å². The molecule has 1 aromatic rings. The van der Waals surface area contributed by atoms with Crippen molar-refractivity contribution < 1.29 is 4.74 Å². The summed E-state index contributed by atoms with van der Waals surface area (Å²) < 4.78 is 5.51. The van der Waals surface area contributed by atoms with E-state index >= 15 is 0 Å². The highest BCUT2D eigenvalue weighted by Gasteiger charge is 2.28. The molecule has 1 aliphatic heterocycles. The van der Waals surface area contributed by atoms with Crippen molar-refractivity contribution in [1.29, 1.82) is 0 Å². The van der Waals surface area contributed by atoms with Crippen LogP contribution in [0.1, 0.15) is 31.4 Å². The summed E-state index contributed by atoms with van der Waals surface area (Å²) in [6, 6.07) is 6.77. The van der Waals surface area contributed by atoms with Gasteiger partial charge in [-0.3, -0.25) is 0 Å². The van der Waals surface area contributed by atoms with E-state index in [1.807, 2.05) is 13.0 Å². The van der Waals surface area contributed by atoms with Gasteiger partial charge in [0.05, 0.1) is 7.11 Å². The smallest absolute Gasteiger partial charge is 0.125 e. The Morgan fingerprint density at radius 2 is 2.20 bits per heavy atom. The summed E-state index contributed by atoms with van der Waals surface area (Å²) in [6.07, 6.45) is 2.49. The van der Waals surface area contributed by atoms with Crippen LogP contribution in [0.5, 0.6) is 5.75 Å². The lowest BCUT2D eigenvalue weighted by molar-refractivity contribution is 0.371. The highest BCUT2D eigenvalue weighted by molar-refractivity contribution is 5.62. The second kappa shape index (κ2) is 6.46. The van der Waals surface area contributed by atoms with Crippen LogP contribution >= 0.6 is 0 Å². The van der Waals surface area contributed by atoms with Gasteiger partial charge in [0, 0.05) is 36.4 Å². The van der Waals surface area contributed by atoms with Crippen molar-refractivity contribution in [2.24, 2.45) is 5.73 Å². The summed E-state index contributed by atoms with van der Waals surface area (Å²) in [5, 5.41) is 0. The van der Waals surface area contributed by atoms with Crippen molar-refractivity contribution in [3.8, 4) is 5.75 Å². The first-order valence-electron chi connectivity index (χ1n) is 7.38. The Bertz CT molecular complexity index is 445. The Morgan fingerprint density at radius 3 is 2.80 bits per heavy atom. The lowest BCUT2D eigenvalue weighted by Crippen LogP contribution is -2.38. The van der Waals surface area contributed by atoms with Gasteiger partial charge in [-0.15, -0.1) is 0 Å². The molecule has 20 heavy (non-hydrogen) atoms. The number of rotatable bonds is 5. The molecule has 1 saturated heterocycles. The van der Waals surface area contributed by atoms with Gasteiger partial charge in [-0.2, -0.15) is 0 Å². The molecule has 0 aromatic heterocycles. The minimum absolute atomic E-state index is 0.0262. The summed E-state index contributed by atoms with van der Waals surface area (Å²) in [7, 11) is 5.98. The van der Waals surface area contributed by atoms with Crippen LogP contribution in [0.4, 0.5) is 5.69 Å². The number of methoxy groups -OCH3 is 1. The molecule has 4 nitrogen and oxygen atoms in total. The van der Waals surface area contributed by atoms with Gasteiger partial charge >= 0.3 is 0 Å². The number of hydrogen-bond acceptors (Lipinski definition) is 4. The molecule has 0 aliphatic carbocycles. The molecule has 0 bridgehead atoms. The highest BCUT2D eigenvalue weighted by atomic mass is 16.5. The van der Waals surface area contributed by atoms with Crippen LogP contribution in [-0.2, 0) is 0 Å². The summed E-state index contributed by atoms with van der Waals surface area (Å²) in [6.45, 7) is 4.21. The Labute approximate surface area is 122 Å². The van der Waals surface area contributed by atoms with Crippen molar-refractivity contribution in [3.63, 3.8) is 0 Å². The van der Waals surface area contributed by atoms with Gasteiger partial charge in [-0.1, -0.05) is 6.07 Å². The highest BCUT2D eigenvalue weighted by Crippen LogP contribution is 2.37. The third-order valence-electron chi connectivity index (χ3n) is 3.98. The normalized spacial score (nSPS) is 20.5. The van der Waals surface area contributed by atoms with Crippen molar-refractivity contribution in [2.75, 3.05) is 39.2 Å². The first-order chi connectivity index (χ1) is 9.54. The molecule has 2 atom stereocenters. The monoisotopic (exact) mass is 277 g/mol. The fraction of sp³-hybridized carbons (Fsp3) is 0.625. The van der Waals surface area contributed by atoms with Crippen molar-refractivity contribution in [2.45, 2.75) is 31.8 Å². The molecule has 2 rings (SSSR count). The number of likely N-dealkylation sites (N-methyl/N-ethyl adjacent to an activating group) is 1. The number of nitrogens with two attached hydrogens (primary N) is 1. The zero-order chi connectivity index (χ0) is 14.7. The van der Waals surface area contributed by atoms with Gasteiger partial charge < -0.3 is 20.3 Å². The predicted octanol–water partition coefficient (Wildman–Crippen LogP) is 2.25. The largest absolute Gasteiger partial charge is 0.496 e. The van der Waals surface area contributed by atoms with Crippen molar-refractivity contribution in [3.05, 3.63) is 23.8 Å². The van der Waals surface area contributed by atoms with Gasteiger partial charge in [0.25, 0.3) is 0 Å². The summed E-state index contributed by atoms with van der Waals surface area (Å²) in [4.78, 5) is 4.76. The maximum atomic E-state index is 6.19. The lowest BCUT2D eigenvalue weighted by Gasteiger charge is -2.32. The van der Waals surface area contributed by atoms with E-state index in [9.17, 15) is 0 Å². The zero-order valence-corrected chi connectivity index (χ0v) is 13.1. The van der Waals surface area contributed by atoms with Gasteiger partial charge in [0.1, 0.15) is 5.75 Å². The fourth-order valence-corrected chi connectivity index (χ4v) is 3.18. The van der Waals surface area contributed by atoms with Gasteiger partial charge in [0.15, 0.2) is 0 Å². The third kappa shape index (κ3) is 3.07. The third-order valence-corrected chi connectivity index (χ3v) is 3.98. The molecule has 1 heterocycles. The number of hydrogen-bond donors (Lipinski definition) is 1. The molecule has 112 valence electrons. The van der Waals surface area contributed by atoms with E-state index in [-0.39, 0.29) is 6.04 Å². The van der Waals surface area contributed by atoms with E-state index in [1.165, 1.54) is 18.5 Å². The van der Waals surface area contributed by atoms with Crippen LogP contribution in [0.15, 0.2) is 18.2 Å². The average Bonchev–Trinajstić information content (AvgIpc) is 2.84. The molecule has 0 saturated carbocycles. The Morgan fingerprint density at radius 1 is 1.45 bits per heavy atom. The van der Waals surface area contributed by atoms with Gasteiger partial charge in [0.2, 0.25) is 0 Å². The van der Waals surface area contributed by atoms with E-state index in [1.54, 1.807) is 7.11 Å².